The van der Waals surface area contributed by atoms with Crippen LogP contribution in [0, 0.1) is 11.3 Å². The molecule has 0 saturated heterocycles. The van der Waals surface area contributed by atoms with Crippen molar-refractivity contribution in [3.63, 3.8) is 0 Å². The highest BCUT2D eigenvalue weighted by atomic mass is 15.9. The van der Waals surface area contributed by atoms with Gasteiger partial charge in [-0.05, 0) is 36.4 Å². The molecule has 3 aromatic rings. The van der Waals surface area contributed by atoms with Crippen LogP contribution in [-0.4, -0.2) is 5.84 Å². The average molecular weight is 325 g/mol. The summed E-state index contributed by atoms with van der Waals surface area (Å²) in [5.74, 6) is 0.758. The molecule has 4 rings (SSSR count). The van der Waals surface area contributed by atoms with Gasteiger partial charge in [0.15, 0.2) is 5.84 Å². The van der Waals surface area contributed by atoms with E-state index in [1.54, 1.807) is 12.1 Å². The molecular formula is C20H15N5. The predicted molar refractivity (Wildman–Crippen MR) is 98.7 cm³/mol. The molecule has 3 aromatic carbocycles. The maximum atomic E-state index is 9.00. The first kappa shape index (κ1) is 14.8. The smallest absolute Gasteiger partial charge is 0.176 e. The minimum absolute atomic E-state index is 0.624. The van der Waals surface area contributed by atoms with Crippen LogP contribution in [0.25, 0.3) is 0 Å². The van der Waals surface area contributed by atoms with Crippen LogP contribution in [0.1, 0.15) is 11.1 Å². The Labute approximate surface area is 146 Å². The summed E-state index contributed by atoms with van der Waals surface area (Å²) >= 11 is 0. The van der Waals surface area contributed by atoms with E-state index in [1.807, 2.05) is 83.0 Å². The molecule has 1 heterocycles. The molecule has 1 aliphatic rings. The number of para-hydroxylation sites is 1. The lowest BCUT2D eigenvalue weighted by Crippen LogP contribution is -2.44. The number of hydrogen-bond acceptors (Lipinski definition) is 5. The largest absolute Gasteiger partial charge is 0.259 e. The molecule has 0 bridgehead atoms. The van der Waals surface area contributed by atoms with Crippen LogP contribution in [0.2, 0.25) is 0 Å². The molecule has 0 aromatic heterocycles. The van der Waals surface area contributed by atoms with E-state index < -0.39 is 0 Å². The SMILES string of the molecule is N#Cc1ccc(N2NC(c3ccccc3)=NN2c2ccccc2)cc1. The highest BCUT2D eigenvalue weighted by Crippen LogP contribution is 2.25. The Kier molecular flexibility index (Phi) is 3.77. The Hall–Kier alpha value is -3.78. The minimum Gasteiger partial charge on any atom is -0.259 e. The molecule has 1 N–H and O–H groups in total. The van der Waals surface area contributed by atoms with E-state index in [9.17, 15) is 0 Å². The molecule has 0 unspecified atom stereocenters. The lowest BCUT2D eigenvalue weighted by Gasteiger charge is -2.27. The van der Waals surface area contributed by atoms with Crippen molar-refractivity contribution < 1.29 is 0 Å². The lowest BCUT2D eigenvalue weighted by atomic mass is 10.2. The molecular weight excluding hydrogens is 310 g/mol. The lowest BCUT2D eigenvalue weighted by molar-refractivity contribution is 0.771. The van der Waals surface area contributed by atoms with E-state index in [1.165, 1.54) is 0 Å². The molecule has 0 fully saturated rings. The maximum Gasteiger partial charge on any atom is 0.176 e. The Morgan fingerprint density at radius 3 is 2.04 bits per heavy atom. The fraction of sp³-hybridized carbons (Fsp3) is 0. The molecule has 1 aliphatic heterocycles. The highest BCUT2D eigenvalue weighted by Gasteiger charge is 2.26. The molecule has 25 heavy (non-hydrogen) atoms. The molecule has 0 spiro atoms. The number of hydrazone groups is 1. The summed E-state index contributed by atoms with van der Waals surface area (Å²) in [7, 11) is 0. The minimum atomic E-state index is 0.624. The zero-order chi connectivity index (χ0) is 17.1. The average Bonchev–Trinajstić information content (AvgIpc) is 3.15. The molecule has 5 nitrogen and oxygen atoms in total. The van der Waals surface area contributed by atoms with E-state index in [2.05, 4.69) is 11.5 Å². The van der Waals surface area contributed by atoms with Gasteiger partial charge in [-0.2, -0.15) is 15.5 Å². The van der Waals surface area contributed by atoms with E-state index in [-0.39, 0.29) is 0 Å². The van der Waals surface area contributed by atoms with Gasteiger partial charge < -0.3 is 0 Å². The van der Waals surface area contributed by atoms with Crippen LogP contribution in [0.5, 0.6) is 0 Å². The van der Waals surface area contributed by atoms with Gasteiger partial charge in [0.25, 0.3) is 0 Å². The summed E-state index contributed by atoms with van der Waals surface area (Å²) < 4.78 is 0. The van der Waals surface area contributed by atoms with Crippen molar-refractivity contribution in [2.75, 3.05) is 10.2 Å². The highest BCUT2D eigenvalue weighted by molar-refractivity contribution is 6.02. The number of rotatable bonds is 3. The normalized spacial score (nSPS) is 13.2. The number of anilines is 2. The first-order chi connectivity index (χ1) is 12.3. The summed E-state index contributed by atoms with van der Waals surface area (Å²) in [6, 6.07) is 29.4. The summed E-state index contributed by atoms with van der Waals surface area (Å²) in [6.45, 7) is 0. The summed E-state index contributed by atoms with van der Waals surface area (Å²) in [5, 5.41) is 17.4. The molecule has 120 valence electrons. The zero-order valence-electron chi connectivity index (χ0n) is 13.4. The topological polar surface area (TPSA) is 54.7 Å². The number of nitriles is 1. The van der Waals surface area contributed by atoms with Crippen molar-refractivity contribution in [1.29, 1.82) is 5.26 Å². The van der Waals surface area contributed by atoms with E-state index in [0.717, 1.165) is 22.8 Å². The van der Waals surface area contributed by atoms with Gasteiger partial charge in [0.1, 0.15) is 0 Å². The molecule has 0 aliphatic carbocycles. The Balaban J connectivity index is 1.73. The summed E-state index contributed by atoms with van der Waals surface area (Å²) in [5.41, 5.74) is 6.78. The van der Waals surface area contributed by atoms with Crippen molar-refractivity contribution in [3.8, 4) is 6.07 Å². The zero-order valence-corrected chi connectivity index (χ0v) is 13.4. The van der Waals surface area contributed by atoms with Crippen molar-refractivity contribution in [2.24, 2.45) is 5.10 Å². The first-order valence-corrected chi connectivity index (χ1v) is 7.91. The number of benzene rings is 3. The number of amidine groups is 1. The van der Waals surface area contributed by atoms with Gasteiger partial charge in [0.05, 0.1) is 23.0 Å². The maximum absolute atomic E-state index is 9.00. The van der Waals surface area contributed by atoms with E-state index >= 15 is 0 Å². The third kappa shape index (κ3) is 2.89. The monoisotopic (exact) mass is 325 g/mol. The Morgan fingerprint density at radius 1 is 0.760 bits per heavy atom. The third-order valence-corrected chi connectivity index (χ3v) is 3.87. The summed E-state index contributed by atoms with van der Waals surface area (Å²) in [6.07, 6.45) is 0. The quantitative estimate of drug-likeness (QED) is 0.798. The van der Waals surface area contributed by atoms with Crippen LogP contribution in [0.15, 0.2) is 90.0 Å². The van der Waals surface area contributed by atoms with Gasteiger partial charge in [-0.25, -0.2) is 0 Å². The van der Waals surface area contributed by atoms with Gasteiger partial charge in [-0.15, -0.1) is 5.10 Å². The summed E-state index contributed by atoms with van der Waals surface area (Å²) in [4.78, 5) is 0. The second-order valence-corrected chi connectivity index (χ2v) is 5.52. The van der Waals surface area contributed by atoms with Gasteiger partial charge in [0.2, 0.25) is 0 Å². The third-order valence-electron chi connectivity index (χ3n) is 3.87. The first-order valence-electron chi connectivity index (χ1n) is 7.91. The Bertz CT molecular complexity index is 927. The number of hydrogen-bond donors (Lipinski definition) is 1. The fourth-order valence-electron chi connectivity index (χ4n) is 2.61. The van der Waals surface area contributed by atoms with E-state index in [0.29, 0.717) is 5.56 Å². The molecule has 0 radical (unpaired) electrons. The molecule has 0 amide bonds. The van der Waals surface area contributed by atoms with Crippen LogP contribution >= 0.6 is 0 Å². The van der Waals surface area contributed by atoms with Crippen molar-refractivity contribution in [1.82, 2.24) is 5.43 Å². The number of hydrazine groups is 2. The van der Waals surface area contributed by atoms with Gasteiger partial charge >= 0.3 is 0 Å². The van der Waals surface area contributed by atoms with Crippen LogP contribution in [0.3, 0.4) is 0 Å². The van der Waals surface area contributed by atoms with Crippen LogP contribution in [0.4, 0.5) is 11.4 Å². The van der Waals surface area contributed by atoms with Gasteiger partial charge in [-0.1, -0.05) is 48.5 Å². The number of nitrogens with zero attached hydrogens (tertiary/aromatic N) is 4. The second kappa shape index (κ2) is 6.38. The van der Waals surface area contributed by atoms with Gasteiger partial charge in [-0.3, -0.25) is 5.43 Å². The standard InChI is InChI=1S/C20H15N5/c21-15-16-11-13-19(14-12-16)25-23-20(17-7-3-1-4-8-17)22-24(25)18-9-5-2-6-10-18/h1-14H,(H,22,23). The van der Waals surface area contributed by atoms with Crippen molar-refractivity contribution in [2.45, 2.75) is 0 Å². The van der Waals surface area contributed by atoms with Gasteiger partial charge in [0, 0.05) is 5.56 Å². The van der Waals surface area contributed by atoms with E-state index in [4.69, 9.17) is 10.4 Å². The predicted octanol–water partition coefficient (Wildman–Crippen LogP) is 3.67. The van der Waals surface area contributed by atoms with Crippen molar-refractivity contribution in [3.05, 3.63) is 96.1 Å². The molecule has 0 atom stereocenters. The van der Waals surface area contributed by atoms with Crippen LogP contribution in [-0.2, 0) is 0 Å². The van der Waals surface area contributed by atoms with Crippen LogP contribution < -0.4 is 15.7 Å². The number of nitrogens with one attached hydrogen (secondary N) is 1. The molecule has 0 saturated carbocycles. The van der Waals surface area contributed by atoms with Crippen molar-refractivity contribution >= 4 is 17.2 Å². The molecule has 5 heteroatoms. The second-order valence-electron chi connectivity index (χ2n) is 5.52. The Morgan fingerprint density at radius 2 is 1.40 bits per heavy atom. The fourth-order valence-corrected chi connectivity index (χ4v) is 2.61.